The predicted molar refractivity (Wildman–Crippen MR) is 76.1 cm³/mol. The molecule has 0 aromatic carbocycles. The number of aromatic nitrogens is 2. The quantitative estimate of drug-likeness (QED) is 0.853. The summed E-state index contributed by atoms with van der Waals surface area (Å²) in [5, 5.41) is 1.72. The first-order chi connectivity index (χ1) is 10.5. The van der Waals surface area contributed by atoms with Crippen molar-refractivity contribution < 1.29 is 14.0 Å². The van der Waals surface area contributed by atoms with Crippen LogP contribution in [0.3, 0.4) is 0 Å². The van der Waals surface area contributed by atoms with E-state index in [0.717, 1.165) is 6.42 Å². The van der Waals surface area contributed by atoms with Crippen molar-refractivity contribution in [1.29, 1.82) is 0 Å². The molecule has 2 aliphatic heterocycles. The van der Waals surface area contributed by atoms with Gasteiger partial charge in [0.05, 0.1) is 24.8 Å². The molecule has 0 aliphatic carbocycles. The summed E-state index contributed by atoms with van der Waals surface area (Å²) >= 11 is 0. The fourth-order valence-electron chi connectivity index (χ4n) is 3.57. The Kier molecular flexibility index (Phi) is 3.92. The van der Waals surface area contributed by atoms with Gasteiger partial charge < -0.3 is 4.74 Å². The van der Waals surface area contributed by atoms with Crippen molar-refractivity contribution in [2.24, 2.45) is 5.92 Å². The molecule has 3 heterocycles. The minimum Gasteiger partial charge on any atom is -0.348 e. The van der Waals surface area contributed by atoms with E-state index < -0.39 is 29.8 Å². The molecule has 7 nitrogen and oxygen atoms in total. The van der Waals surface area contributed by atoms with Crippen LogP contribution >= 0.6 is 0 Å². The van der Waals surface area contributed by atoms with Crippen LogP contribution in [0, 0.1) is 5.92 Å². The van der Waals surface area contributed by atoms with E-state index in [2.05, 4.69) is 4.98 Å². The average molecular weight is 313 g/mol. The Morgan fingerprint density at radius 3 is 2.91 bits per heavy atom. The van der Waals surface area contributed by atoms with Gasteiger partial charge in [-0.2, -0.15) is 5.06 Å². The Labute approximate surface area is 126 Å². The number of fused-ring (bicyclic) bond motifs is 2. The highest BCUT2D eigenvalue weighted by Crippen LogP contribution is 2.51. The third-order valence-corrected chi connectivity index (χ3v) is 4.80. The van der Waals surface area contributed by atoms with Crippen molar-refractivity contribution in [1.82, 2.24) is 14.6 Å². The Morgan fingerprint density at radius 1 is 1.55 bits per heavy atom. The van der Waals surface area contributed by atoms with Gasteiger partial charge in [-0.3, -0.25) is 19.2 Å². The van der Waals surface area contributed by atoms with Crippen LogP contribution in [0.1, 0.15) is 26.5 Å². The van der Waals surface area contributed by atoms with Gasteiger partial charge in [-0.1, -0.05) is 13.8 Å². The molecule has 3 rings (SSSR count). The molecule has 4 atom stereocenters. The summed E-state index contributed by atoms with van der Waals surface area (Å²) in [6.45, 7) is 4.02. The van der Waals surface area contributed by atoms with Gasteiger partial charge in [-0.15, -0.1) is 0 Å². The van der Waals surface area contributed by atoms with Crippen LogP contribution in [0.4, 0.5) is 4.39 Å². The van der Waals surface area contributed by atoms with Crippen molar-refractivity contribution in [3.63, 3.8) is 0 Å². The summed E-state index contributed by atoms with van der Waals surface area (Å²) in [4.78, 5) is 31.0. The minimum atomic E-state index is -0.569. The number of ether oxygens (including phenoxy) is 1. The van der Waals surface area contributed by atoms with Crippen LogP contribution in [-0.2, 0) is 9.57 Å². The van der Waals surface area contributed by atoms with E-state index in [1.807, 2.05) is 13.8 Å². The van der Waals surface area contributed by atoms with Crippen LogP contribution in [0.25, 0.3) is 0 Å². The molecule has 0 radical (unpaired) electrons. The zero-order chi connectivity index (χ0) is 15.9. The molecule has 2 fully saturated rings. The lowest BCUT2D eigenvalue weighted by atomic mass is 9.88. The molecule has 2 bridgehead atoms. The Bertz CT molecular complexity index is 660. The molecule has 22 heavy (non-hydrogen) atoms. The highest BCUT2D eigenvalue weighted by molar-refractivity contribution is 5.08. The van der Waals surface area contributed by atoms with Crippen molar-refractivity contribution in [2.45, 2.75) is 38.1 Å². The van der Waals surface area contributed by atoms with E-state index in [4.69, 9.17) is 9.57 Å². The van der Waals surface area contributed by atoms with E-state index in [1.54, 1.807) is 5.06 Å². The number of H-pyrrole nitrogens is 1. The SMILES string of the molecule is CC[C@@]12CN(OCCF)[C@@H]([C@H](n3ccc(=O)[nH]c3=O)O1)[C@@H]2C. The van der Waals surface area contributed by atoms with Crippen molar-refractivity contribution >= 4 is 0 Å². The Balaban J connectivity index is 1.96. The lowest BCUT2D eigenvalue weighted by Gasteiger charge is -2.36. The summed E-state index contributed by atoms with van der Waals surface area (Å²) in [6, 6.07) is 1.09. The molecule has 1 aromatic heterocycles. The standard InChI is InChI=1S/C14H20FN3O4/c1-3-14-8-18(21-7-5-15)11(9(14)2)12(22-14)17-6-4-10(19)16-13(17)20/h4,6,9,11-12H,3,5,7-8H2,1-2H3,(H,16,19,20)/t9-,11+,12+,14-/m0/s1. The van der Waals surface area contributed by atoms with Crippen LogP contribution in [0.15, 0.2) is 21.9 Å². The topological polar surface area (TPSA) is 76.6 Å². The highest BCUT2D eigenvalue weighted by atomic mass is 19.1. The zero-order valence-electron chi connectivity index (χ0n) is 12.6. The van der Waals surface area contributed by atoms with Crippen molar-refractivity contribution in [3.8, 4) is 0 Å². The lowest BCUT2D eigenvalue weighted by molar-refractivity contribution is -0.250. The number of aromatic amines is 1. The lowest BCUT2D eigenvalue weighted by Crippen LogP contribution is -2.48. The molecular formula is C14H20FN3O4. The van der Waals surface area contributed by atoms with E-state index in [9.17, 15) is 14.0 Å². The maximum atomic E-state index is 12.4. The number of nitrogens with zero attached hydrogens (tertiary/aromatic N) is 2. The van der Waals surface area contributed by atoms with E-state index >= 15 is 0 Å². The molecule has 8 heteroatoms. The molecule has 1 aromatic rings. The fourth-order valence-corrected chi connectivity index (χ4v) is 3.57. The molecule has 0 saturated carbocycles. The van der Waals surface area contributed by atoms with E-state index in [-0.39, 0.29) is 18.6 Å². The number of halogens is 1. The first-order valence-corrected chi connectivity index (χ1v) is 7.47. The summed E-state index contributed by atoms with van der Waals surface area (Å²) in [5.74, 6) is 0.126. The van der Waals surface area contributed by atoms with Gasteiger partial charge in [-0.05, 0) is 6.42 Å². The normalized spacial score (nSPS) is 34.4. The first-order valence-electron chi connectivity index (χ1n) is 7.47. The van der Waals surface area contributed by atoms with Gasteiger partial charge in [0.15, 0.2) is 6.23 Å². The smallest absolute Gasteiger partial charge is 0.330 e. The van der Waals surface area contributed by atoms with Crippen LogP contribution < -0.4 is 11.2 Å². The molecule has 0 amide bonds. The summed E-state index contributed by atoms with van der Waals surface area (Å²) in [6.07, 6.45) is 1.62. The molecule has 2 aliphatic rings. The molecule has 0 unspecified atom stereocenters. The second-order valence-corrected chi connectivity index (χ2v) is 5.82. The maximum absolute atomic E-state index is 12.4. The second-order valence-electron chi connectivity index (χ2n) is 5.82. The molecule has 122 valence electrons. The third kappa shape index (κ3) is 2.22. The molecule has 2 saturated heterocycles. The molecule has 1 N–H and O–H groups in total. The van der Waals surface area contributed by atoms with Crippen molar-refractivity contribution in [2.75, 3.05) is 19.8 Å². The monoisotopic (exact) mass is 313 g/mol. The Hall–Kier alpha value is -1.51. The highest BCUT2D eigenvalue weighted by Gasteiger charge is 2.62. The average Bonchev–Trinajstić information content (AvgIpc) is 2.93. The van der Waals surface area contributed by atoms with E-state index in [1.165, 1.54) is 16.8 Å². The Morgan fingerprint density at radius 2 is 2.32 bits per heavy atom. The number of alkyl halides is 1. The predicted octanol–water partition coefficient (Wildman–Crippen LogP) is 0.436. The van der Waals surface area contributed by atoms with Crippen LogP contribution in [-0.4, -0.2) is 46.1 Å². The van der Waals surface area contributed by atoms with Gasteiger partial charge >= 0.3 is 5.69 Å². The number of nitrogens with one attached hydrogen (secondary N) is 1. The third-order valence-electron chi connectivity index (χ3n) is 4.80. The van der Waals surface area contributed by atoms with Gasteiger partial charge in [-0.25, -0.2) is 9.18 Å². The van der Waals surface area contributed by atoms with Gasteiger partial charge in [0.2, 0.25) is 0 Å². The number of hydroxylamine groups is 2. The number of rotatable bonds is 5. The minimum absolute atomic E-state index is 0.0176. The van der Waals surface area contributed by atoms with Gasteiger partial charge in [0.25, 0.3) is 5.56 Å². The summed E-state index contributed by atoms with van der Waals surface area (Å²) < 4.78 is 19.9. The number of hydrogen-bond donors (Lipinski definition) is 1. The van der Waals surface area contributed by atoms with E-state index in [0.29, 0.717) is 6.54 Å². The summed E-state index contributed by atoms with van der Waals surface area (Å²) in [5.41, 5.74) is -1.40. The maximum Gasteiger partial charge on any atom is 0.330 e. The number of morpholine rings is 1. The largest absolute Gasteiger partial charge is 0.348 e. The van der Waals surface area contributed by atoms with Gasteiger partial charge in [0.1, 0.15) is 6.67 Å². The number of hydrogen-bond acceptors (Lipinski definition) is 5. The fraction of sp³-hybridized carbons (Fsp3) is 0.714. The zero-order valence-corrected chi connectivity index (χ0v) is 12.6. The van der Waals surface area contributed by atoms with Crippen molar-refractivity contribution in [3.05, 3.63) is 33.1 Å². The van der Waals surface area contributed by atoms with Crippen LogP contribution in [0.5, 0.6) is 0 Å². The summed E-state index contributed by atoms with van der Waals surface area (Å²) in [7, 11) is 0. The van der Waals surface area contributed by atoms with Crippen LogP contribution in [0.2, 0.25) is 0 Å². The van der Waals surface area contributed by atoms with Gasteiger partial charge in [0, 0.05) is 18.2 Å². The second kappa shape index (κ2) is 5.60. The molecular weight excluding hydrogens is 293 g/mol. The molecule has 0 spiro atoms. The first kappa shape index (κ1) is 15.4.